The predicted octanol–water partition coefficient (Wildman–Crippen LogP) is -3.46. The second-order valence-electron chi connectivity index (χ2n) is 2.11. The van der Waals surface area contributed by atoms with Gasteiger partial charge in [0.2, 0.25) is 5.96 Å². The van der Waals surface area contributed by atoms with Gasteiger partial charge in [-0.3, -0.25) is 0 Å². The Bertz CT molecular complexity index is 329. The molecule has 14 heavy (non-hydrogen) atoms. The van der Waals surface area contributed by atoms with Crippen LogP contribution in [0, 0.1) is 0 Å². The molecule has 0 amide bonds. The first-order valence-corrected chi connectivity index (χ1v) is 3.41. The van der Waals surface area contributed by atoms with Crippen molar-refractivity contribution in [2.75, 3.05) is 0 Å². The van der Waals surface area contributed by atoms with Gasteiger partial charge < -0.3 is 17.7 Å². The van der Waals surface area contributed by atoms with E-state index in [2.05, 4.69) is 15.0 Å². The monoisotopic (exact) mass is 220 g/mol. The van der Waals surface area contributed by atoms with Gasteiger partial charge in [-0.15, -0.1) is 0 Å². The van der Waals surface area contributed by atoms with Gasteiger partial charge in [-0.2, -0.15) is 0 Å². The predicted molar refractivity (Wildman–Crippen MR) is 46.6 cm³/mol. The summed E-state index contributed by atoms with van der Waals surface area (Å²) in [6.07, 6.45) is 1.46. The summed E-state index contributed by atoms with van der Waals surface area (Å²) < 4.78 is 0. The van der Waals surface area contributed by atoms with Crippen molar-refractivity contribution < 1.29 is 62.4 Å². The first-order chi connectivity index (χ1) is 6.20. The minimum absolute atomic E-state index is 0. The molecule has 6 nitrogen and oxygen atoms in total. The first kappa shape index (κ1) is 13.5. The molecule has 0 unspecified atom stereocenters. The fourth-order valence-corrected chi connectivity index (χ4v) is 0.624. The number of aromatic nitrogens is 1. The number of pyridine rings is 1. The summed E-state index contributed by atoms with van der Waals surface area (Å²) in [5, 5.41) is 3.08. The smallest absolute Gasteiger partial charge is 1.00 e. The standard InChI is InChI=1S/C7H8N4O2.K.H/c8-7(9)11-13-6(12)5-3-1-2-4-10-5;;/h1-4H,(H4,8,9,11);;/q;+1;-1. The molecule has 0 aliphatic rings. The molecule has 0 aromatic carbocycles. The van der Waals surface area contributed by atoms with Gasteiger partial charge in [0.1, 0.15) is 0 Å². The average Bonchev–Trinajstić information content (AvgIpc) is 2.15. The number of rotatable bonds is 2. The Morgan fingerprint density at radius 1 is 1.50 bits per heavy atom. The molecule has 7 heteroatoms. The molecule has 1 aromatic heterocycles. The van der Waals surface area contributed by atoms with Crippen molar-refractivity contribution in [1.82, 2.24) is 4.98 Å². The van der Waals surface area contributed by atoms with E-state index in [0.29, 0.717) is 0 Å². The van der Waals surface area contributed by atoms with Crippen molar-refractivity contribution in [3.63, 3.8) is 0 Å². The van der Waals surface area contributed by atoms with Gasteiger partial charge in [-0.05, 0) is 17.3 Å². The van der Waals surface area contributed by atoms with Crippen molar-refractivity contribution in [2.24, 2.45) is 16.6 Å². The molecule has 0 saturated heterocycles. The van der Waals surface area contributed by atoms with E-state index in [1.807, 2.05) is 0 Å². The fourth-order valence-electron chi connectivity index (χ4n) is 0.624. The average molecular weight is 220 g/mol. The molecule has 0 spiro atoms. The van der Waals surface area contributed by atoms with Gasteiger partial charge in [0.25, 0.3) is 0 Å². The maximum Gasteiger partial charge on any atom is 1.00 e. The zero-order valence-electron chi connectivity index (χ0n) is 8.68. The van der Waals surface area contributed by atoms with Crippen LogP contribution in [0.4, 0.5) is 0 Å². The number of carbonyl (C=O) groups excluding carboxylic acids is 1. The summed E-state index contributed by atoms with van der Waals surface area (Å²) >= 11 is 0. The van der Waals surface area contributed by atoms with E-state index in [1.54, 1.807) is 12.1 Å². The Morgan fingerprint density at radius 3 is 2.71 bits per heavy atom. The number of nitrogens with zero attached hydrogens (tertiary/aromatic N) is 2. The quantitative estimate of drug-likeness (QED) is 0.177. The summed E-state index contributed by atoms with van der Waals surface area (Å²) in [7, 11) is 0. The minimum Gasteiger partial charge on any atom is -1.00 e. The third-order valence-corrected chi connectivity index (χ3v) is 1.11. The Hall–Kier alpha value is -0.474. The number of guanidine groups is 1. The van der Waals surface area contributed by atoms with E-state index in [4.69, 9.17) is 11.5 Å². The Labute approximate surface area is 125 Å². The van der Waals surface area contributed by atoms with E-state index in [9.17, 15) is 4.79 Å². The molecule has 0 radical (unpaired) electrons. The molecule has 1 rings (SSSR count). The fraction of sp³-hybridized carbons (Fsp3) is 0. The second-order valence-corrected chi connectivity index (χ2v) is 2.11. The van der Waals surface area contributed by atoms with Crippen LogP contribution in [-0.4, -0.2) is 16.9 Å². The third kappa shape index (κ3) is 4.68. The van der Waals surface area contributed by atoms with E-state index in [0.717, 1.165) is 0 Å². The van der Waals surface area contributed by atoms with Crippen molar-refractivity contribution in [3.8, 4) is 0 Å². The van der Waals surface area contributed by atoms with E-state index in [1.165, 1.54) is 12.3 Å². The van der Waals surface area contributed by atoms with Crippen LogP contribution in [0.25, 0.3) is 0 Å². The molecule has 0 saturated carbocycles. The van der Waals surface area contributed by atoms with Gasteiger partial charge in [0, 0.05) is 6.20 Å². The molecule has 4 N–H and O–H groups in total. The zero-order valence-corrected chi connectivity index (χ0v) is 10.8. The van der Waals surface area contributed by atoms with E-state index < -0.39 is 5.97 Å². The molecule has 1 aromatic rings. The molecular formula is C7H9KN4O2. The molecule has 0 atom stereocenters. The minimum atomic E-state index is -0.700. The second kappa shape index (κ2) is 6.90. The van der Waals surface area contributed by atoms with Gasteiger partial charge in [-0.1, -0.05) is 6.07 Å². The third-order valence-electron chi connectivity index (χ3n) is 1.11. The molecule has 0 bridgehead atoms. The van der Waals surface area contributed by atoms with E-state index in [-0.39, 0.29) is 64.5 Å². The van der Waals surface area contributed by atoms with Gasteiger partial charge in [0.05, 0.1) is 0 Å². The van der Waals surface area contributed by atoms with Crippen LogP contribution < -0.4 is 62.9 Å². The largest absolute Gasteiger partial charge is 1.00 e. The summed E-state index contributed by atoms with van der Waals surface area (Å²) in [4.78, 5) is 19.1. The normalized spacial score (nSPS) is 8.29. The van der Waals surface area contributed by atoms with Crippen LogP contribution >= 0.6 is 0 Å². The van der Waals surface area contributed by atoms with Gasteiger partial charge >= 0.3 is 57.4 Å². The van der Waals surface area contributed by atoms with Crippen LogP contribution in [0.2, 0.25) is 0 Å². The SMILES string of the molecule is NC(N)=NOC(=O)c1ccccn1.[H-].[K+]. The molecule has 1 heterocycles. The van der Waals surface area contributed by atoms with Crippen LogP contribution in [0.15, 0.2) is 29.6 Å². The van der Waals surface area contributed by atoms with Crippen LogP contribution in [0.1, 0.15) is 11.9 Å². The van der Waals surface area contributed by atoms with Crippen LogP contribution in [-0.2, 0) is 4.84 Å². The van der Waals surface area contributed by atoms with Gasteiger partial charge in [0.15, 0.2) is 5.69 Å². The molecular weight excluding hydrogens is 211 g/mol. The van der Waals surface area contributed by atoms with Crippen LogP contribution in [0.5, 0.6) is 0 Å². The number of oxime groups is 1. The summed E-state index contributed by atoms with van der Waals surface area (Å²) in [6.45, 7) is 0. The molecule has 0 aliphatic heterocycles. The summed E-state index contributed by atoms with van der Waals surface area (Å²) in [5.74, 6) is -1.02. The zero-order chi connectivity index (χ0) is 9.68. The Morgan fingerprint density at radius 2 is 2.21 bits per heavy atom. The van der Waals surface area contributed by atoms with Gasteiger partial charge in [-0.25, -0.2) is 9.78 Å². The summed E-state index contributed by atoms with van der Waals surface area (Å²) in [5.41, 5.74) is 10.0. The Kier molecular flexibility index (Phi) is 6.67. The Balaban J connectivity index is 0. The number of hydrogen-bond donors (Lipinski definition) is 2. The maximum atomic E-state index is 11.0. The molecule has 70 valence electrons. The van der Waals surface area contributed by atoms with Crippen molar-refractivity contribution in [2.45, 2.75) is 0 Å². The topological polar surface area (TPSA) is 104 Å². The molecule has 0 fully saturated rings. The number of nitrogens with two attached hydrogens (primary N) is 2. The van der Waals surface area contributed by atoms with Crippen molar-refractivity contribution in [1.29, 1.82) is 0 Å². The number of carbonyl (C=O) groups is 1. The van der Waals surface area contributed by atoms with Crippen molar-refractivity contribution in [3.05, 3.63) is 30.1 Å². The maximum absolute atomic E-state index is 11.0. The first-order valence-electron chi connectivity index (χ1n) is 3.41. The van der Waals surface area contributed by atoms with Crippen LogP contribution in [0.3, 0.4) is 0 Å². The van der Waals surface area contributed by atoms with E-state index >= 15 is 0 Å². The van der Waals surface area contributed by atoms with Crippen molar-refractivity contribution >= 4 is 11.9 Å². The summed E-state index contributed by atoms with van der Waals surface area (Å²) in [6, 6.07) is 4.82. The molecule has 0 aliphatic carbocycles. The number of hydrogen-bond acceptors (Lipinski definition) is 4.